The van der Waals surface area contributed by atoms with Crippen molar-refractivity contribution in [1.29, 1.82) is 0 Å². The van der Waals surface area contributed by atoms with E-state index in [0.717, 1.165) is 16.5 Å². The van der Waals surface area contributed by atoms with Gasteiger partial charge in [0.2, 0.25) is 5.91 Å². The number of methoxy groups -OCH3 is 2. The molecule has 0 saturated carbocycles. The van der Waals surface area contributed by atoms with Crippen LogP contribution in [0.1, 0.15) is 5.56 Å². The van der Waals surface area contributed by atoms with E-state index in [0.29, 0.717) is 17.3 Å². The first-order valence-electron chi connectivity index (χ1n) is 7.15. The predicted molar refractivity (Wildman–Crippen MR) is 88.0 cm³/mol. The minimum Gasteiger partial charge on any atom is -0.493 e. The molecule has 2 aromatic carbocycles. The highest BCUT2D eigenvalue weighted by atomic mass is 16.5. The molecule has 0 saturated heterocycles. The van der Waals surface area contributed by atoms with Gasteiger partial charge in [0.25, 0.3) is 0 Å². The van der Waals surface area contributed by atoms with Crippen molar-refractivity contribution in [3.63, 3.8) is 0 Å². The van der Waals surface area contributed by atoms with Crippen LogP contribution in [0.15, 0.2) is 42.5 Å². The van der Waals surface area contributed by atoms with E-state index in [4.69, 9.17) is 9.47 Å². The number of benzene rings is 2. The topological polar surface area (TPSA) is 76.2 Å². The van der Waals surface area contributed by atoms with E-state index in [1.165, 1.54) is 0 Å². The van der Waals surface area contributed by atoms with Crippen molar-refractivity contribution in [3.8, 4) is 11.5 Å². The molecule has 23 heavy (non-hydrogen) atoms. The number of carbonyl (C=O) groups excluding carboxylic acids is 1. The van der Waals surface area contributed by atoms with Crippen molar-refractivity contribution in [1.82, 2.24) is 10.2 Å². The van der Waals surface area contributed by atoms with Gasteiger partial charge in [-0.25, -0.2) is 0 Å². The summed E-state index contributed by atoms with van der Waals surface area (Å²) in [6.07, 6.45) is 0.224. The van der Waals surface area contributed by atoms with Gasteiger partial charge in [0.15, 0.2) is 17.3 Å². The molecule has 0 fully saturated rings. The molecule has 0 aliphatic rings. The number of aromatic amines is 1. The number of hydrogen-bond acceptors (Lipinski definition) is 4. The summed E-state index contributed by atoms with van der Waals surface area (Å²) in [5.74, 6) is 1.62. The average Bonchev–Trinajstić information content (AvgIpc) is 2.97. The third-order valence-corrected chi connectivity index (χ3v) is 3.54. The lowest BCUT2D eigenvalue weighted by atomic mass is 10.1. The monoisotopic (exact) mass is 311 g/mol. The fourth-order valence-corrected chi connectivity index (χ4v) is 2.41. The molecular weight excluding hydrogens is 294 g/mol. The zero-order valence-corrected chi connectivity index (χ0v) is 12.9. The highest BCUT2D eigenvalue weighted by Crippen LogP contribution is 2.28. The lowest BCUT2D eigenvalue weighted by molar-refractivity contribution is -0.115. The highest BCUT2D eigenvalue weighted by Gasteiger charge is 2.11. The molecule has 0 aliphatic carbocycles. The average molecular weight is 311 g/mol. The number of nitrogens with zero attached hydrogens (tertiary/aromatic N) is 1. The lowest BCUT2D eigenvalue weighted by Crippen LogP contribution is -2.15. The summed E-state index contributed by atoms with van der Waals surface area (Å²) < 4.78 is 10.4. The maximum atomic E-state index is 12.2. The normalized spacial score (nSPS) is 10.5. The number of fused-ring (bicyclic) bond motifs is 1. The Morgan fingerprint density at radius 3 is 2.70 bits per heavy atom. The zero-order valence-electron chi connectivity index (χ0n) is 12.9. The first kappa shape index (κ1) is 14.9. The summed E-state index contributed by atoms with van der Waals surface area (Å²) in [5.41, 5.74) is 1.72. The Morgan fingerprint density at radius 2 is 1.91 bits per heavy atom. The summed E-state index contributed by atoms with van der Waals surface area (Å²) >= 11 is 0. The van der Waals surface area contributed by atoms with Gasteiger partial charge in [-0.05, 0) is 29.8 Å². The van der Waals surface area contributed by atoms with Crippen LogP contribution in [-0.4, -0.2) is 30.3 Å². The molecule has 0 bridgehead atoms. The summed E-state index contributed by atoms with van der Waals surface area (Å²) in [5, 5.41) is 10.7. The minimum atomic E-state index is -0.144. The van der Waals surface area contributed by atoms with E-state index in [9.17, 15) is 4.79 Å². The number of carbonyl (C=O) groups is 1. The molecular formula is C17H17N3O3. The quantitative estimate of drug-likeness (QED) is 0.759. The first-order valence-corrected chi connectivity index (χ1v) is 7.15. The van der Waals surface area contributed by atoms with E-state index in [-0.39, 0.29) is 12.3 Å². The van der Waals surface area contributed by atoms with Crippen LogP contribution in [0.5, 0.6) is 11.5 Å². The van der Waals surface area contributed by atoms with Crippen LogP contribution in [0, 0.1) is 0 Å². The number of para-hydroxylation sites is 1. The van der Waals surface area contributed by atoms with Gasteiger partial charge in [-0.2, -0.15) is 5.10 Å². The second-order valence-electron chi connectivity index (χ2n) is 5.03. The van der Waals surface area contributed by atoms with Crippen LogP contribution in [0.3, 0.4) is 0 Å². The van der Waals surface area contributed by atoms with Crippen LogP contribution >= 0.6 is 0 Å². The Morgan fingerprint density at radius 1 is 1.13 bits per heavy atom. The van der Waals surface area contributed by atoms with Crippen LogP contribution in [-0.2, 0) is 11.2 Å². The van der Waals surface area contributed by atoms with Crippen molar-refractivity contribution in [3.05, 3.63) is 48.0 Å². The van der Waals surface area contributed by atoms with Gasteiger partial charge in [0, 0.05) is 5.39 Å². The summed E-state index contributed by atoms with van der Waals surface area (Å²) in [6, 6.07) is 13.0. The fraction of sp³-hybridized carbons (Fsp3) is 0.176. The summed E-state index contributed by atoms with van der Waals surface area (Å²) in [7, 11) is 3.14. The van der Waals surface area contributed by atoms with Gasteiger partial charge in [-0.1, -0.05) is 18.2 Å². The SMILES string of the molecule is COc1ccc(CC(=O)Nc2n[nH]c3ccccc23)cc1OC. The van der Waals surface area contributed by atoms with Crippen molar-refractivity contribution < 1.29 is 14.3 Å². The van der Waals surface area contributed by atoms with Crippen molar-refractivity contribution in [2.24, 2.45) is 0 Å². The molecule has 6 heteroatoms. The van der Waals surface area contributed by atoms with Crippen LogP contribution < -0.4 is 14.8 Å². The van der Waals surface area contributed by atoms with Crippen molar-refractivity contribution in [2.75, 3.05) is 19.5 Å². The molecule has 2 N–H and O–H groups in total. The molecule has 0 unspecified atom stereocenters. The highest BCUT2D eigenvalue weighted by molar-refractivity contribution is 6.00. The van der Waals surface area contributed by atoms with E-state index in [1.54, 1.807) is 26.4 Å². The Bertz CT molecular complexity index is 842. The predicted octanol–water partition coefficient (Wildman–Crippen LogP) is 2.76. The number of nitrogens with one attached hydrogen (secondary N) is 2. The Labute approximate surface area is 133 Å². The van der Waals surface area contributed by atoms with Crippen LogP contribution in [0.25, 0.3) is 10.9 Å². The largest absolute Gasteiger partial charge is 0.493 e. The smallest absolute Gasteiger partial charge is 0.230 e. The Kier molecular flexibility index (Phi) is 4.14. The van der Waals surface area contributed by atoms with Crippen molar-refractivity contribution >= 4 is 22.6 Å². The Hall–Kier alpha value is -3.02. The molecule has 3 rings (SSSR count). The number of ether oxygens (including phenoxy) is 2. The number of aromatic nitrogens is 2. The standard InChI is InChI=1S/C17H17N3O3/c1-22-14-8-7-11(9-15(14)23-2)10-16(21)18-17-12-5-3-4-6-13(12)19-20-17/h3-9H,10H2,1-2H3,(H2,18,19,20,21). The van der Waals surface area contributed by atoms with Gasteiger partial charge in [0.1, 0.15) is 0 Å². The van der Waals surface area contributed by atoms with E-state index < -0.39 is 0 Å². The maximum Gasteiger partial charge on any atom is 0.230 e. The van der Waals surface area contributed by atoms with Gasteiger partial charge < -0.3 is 14.8 Å². The molecule has 0 atom stereocenters. The molecule has 1 amide bonds. The molecule has 3 aromatic rings. The zero-order chi connectivity index (χ0) is 16.2. The fourth-order valence-electron chi connectivity index (χ4n) is 2.41. The van der Waals surface area contributed by atoms with E-state index in [2.05, 4.69) is 15.5 Å². The Balaban J connectivity index is 1.74. The second-order valence-corrected chi connectivity index (χ2v) is 5.03. The molecule has 6 nitrogen and oxygen atoms in total. The van der Waals surface area contributed by atoms with E-state index in [1.807, 2.05) is 30.3 Å². The van der Waals surface area contributed by atoms with Gasteiger partial charge in [-0.3, -0.25) is 9.89 Å². The van der Waals surface area contributed by atoms with E-state index >= 15 is 0 Å². The third-order valence-electron chi connectivity index (χ3n) is 3.54. The second kappa shape index (κ2) is 6.39. The summed E-state index contributed by atoms with van der Waals surface area (Å²) in [4.78, 5) is 12.2. The molecule has 118 valence electrons. The minimum absolute atomic E-state index is 0.144. The number of hydrogen-bond donors (Lipinski definition) is 2. The lowest BCUT2D eigenvalue weighted by Gasteiger charge is -2.09. The third kappa shape index (κ3) is 3.11. The molecule has 1 aromatic heterocycles. The van der Waals surface area contributed by atoms with Crippen LogP contribution in [0.4, 0.5) is 5.82 Å². The molecule has 0 radical (unpaired) electrons. The van der Waals surface area contributed by atoms with Crippen molar-refractivity contribution in [2.45, 2.75) is 6.42 Å². The molecule has 1 heterocycles. The first-order chi connectivity index (χ1) is 11.2. The number of amides is 1. The van der Waals surface area contributed by atoms with Crippen LogP contribution in [0.2, 0.25) is 0 Å². The van der Waals surface area contributed by atoms with Gasteiger partial charge >= 0.3 is 0 Å². The van der Waals surface area contributed by atoms with Gasteiger partial charge in [-0.15, -0.1) is 0 Å². The number of anilines is 1. The number of rotatable bonds is 5. The van der Waals surface area contributed by atoms with Gasteiger partial charge in [0.05, 0.1) is 26.2 Å². The summed E-state index contributed by atoms with van der Waals surface area (Å²) in [6.45, 7) is 0. The molecule has 0 spiro atoms. The number of H-pyrrole nitrogens is 1. The molecule has 0 aliphatic heterocycles. The maximum absolute atomic E-state index is 12.2.